The fraction of sp³-hybridized carbons (Fsp3) is 1.00. The van der Waals surface area contributed by atoms with Gasteiger partial charge in [0.1, 0.15) is 0 Å². The fourth-order valence-corrected chi connectivity index (χ4v) is 6.15. The van der Waals surface area contributed by atoms with E-state index in [4.69, 9.17) is 23.5 Å². The van der Waals surface area contributed by atoms with Gasteiger partial charge in [-0.05, 0) is 53.4 Å². The summed E-state index contributed by atoms with van der Waals surface area (Å²) in [5.41, 5.74) is 0. The second-order valence-corrected chi connectivity index (χ2v) is 9.51. The summed E-state index contributed by atoms with van der Waals surface area (Å²) in [5.74, 6) is 0. The van der Waals surface area contributed by atoms with Crippen LogP contribution in [0, 0.1) is 0 Å². The lowest BCUT2D eigenvalue weighted by atomic mass is 10.2. The van der Waals surface area contributed by atoms with Crippen molar-refractivity contribution in [3.05, 3.63) is 0 Å². The molecule has 166 valence electrons. The van der Waals surface area contributed by atoms with Crippen molar-refractivity contribution in [3.63, 3.8) is 0 Å². The molecule has 0 aromatic carbocycles. The van der Waals surface area contributed by atoms with Gasteiger partial charge < -0.3 is 40.4 Å². The second-order valence-electron chi connectivity index (χ2n) is 6.78. The second kappa shape index (κ2) is 18.3. The van der Waals surface area contributed by atoms with Crippen molar-refractivity contribution in [1.29, 1.82) is 0 Å². The monoisotopic (exact) mass is 429 g/mol. The molecule has 6 nitrogen and oxygen atoms in total. The highest BCUT2D eigenvalue weighted by molar-refractivity contribution is 6.60. The average Bonchev–Trinajstić information content (AvgIpc) is 2.62. The van der Waals surface area contributed by atoms with E-state index < -0.39 is 8.80 Å². The van der Waals surface area contributed by atoms with Crippen molar-refractivity contribution in [2.75, 3.05) is 59.2 Å². The number of unbranched alkanes of at least 4 members (excludes halogenated alkanes) is 2. The summed E-state index contributed by atoms with van der Waals surface area (Å²) >= 11 is 0. The van der Waals surface area contributed by atoms with Gasteiger partial charge in [0.15, 0.2) is 0 Å². The van der Waals surface area contributed by atoms with Crippen LogP contribution in [0.4, 0.5) is 0 Å². The van der Waals surface area contributed by atoms with Gasteiger partial charge in [-0.2, -0.15) is 0 Å². The van der Waals surface area contributed by atoms with E-state index in [1.807, 2.05) is 20.8 Å². The maximum Gasteiger partial charge on any atom is 0.501 e. The number of aliphatic hydroxyl groups excluding tert-OH is 2. The lowest BCUT2D eigenvalue weighted by molar-refractivity contribution is -0.927. The molecule has 0 atom stereocenters. The molecule has 0 aromatic heterocycles. The molecule has 8 heteroatoms. The Bertz CT molecular complexity index is 299. The summed E-state index contributed by atoms with van der Waals surface area (Å²) in [6, 6.07) is 0.850. The Morgan fingerprint density at radius 1 is 0.667 bits per heavy atom. The molecule has 0 saturated heterocycles. The molecular formula is C19H44ClNO5Si. The van der Waals surface area contributed by atoms with Gasteiger partial charge in [-0.25, -0.2) is 0 Å². The number of nitrogens with zero attached hydrogens (tertiary/aromatic N) is 1. The molecule has 0 saturated carbocycles. The van der Waals surface area contributed by atoms with Crippen molar-refractivity contribution in [3.8, 4) is 0 Å². The molecule has 0 unspecified atom stereocenters. The highest BCUT2D eigenvalue weighted by Crippen LogP contribution is 2.21. The highest BCUT2D eigenvalue weighted by Gasteiger charge is 2.40. The molecule has 0 radical (unpaired) electrons. The molecule has 0 spiro atoms. The fourth-order valence-electron chi connectivity index (χ4n) is 3.56. The normalized spacial score (nSPS) is 12.2. The van der Waals surface area contributed by atoms with Crippen molar-refractivity contribution in [1.82, 2.24) is 0 Å². The van der Waals surface area contributed by atoms with Crippen LogP contribution in [0.2, 0.25) is 6.04 Å². The topological polar surface area (TPSA) is 68.2 Å². The van der Waals surface area contributed by atoms with Gasteiger partial charge in [-0.1, -0.05) is 0 Å². The SMILES string of the molecule is CCO[Si](CCC[N+](CC)(CCCCO)CCCCO)(OCC)OCC.[Cl-]. The zero-order valence-electron chi connectivity index (χ0n) is 18.1. The van der Waals surface area contributed by atoms with Crippen LogP contribution in [0.15, 0.2) is 0 Å². The molecule has 0 amide bonds. The quantitative estimate of drug-likeness (QED) is 0.169. The molecule has 0 fully saturated rings. The molecule has 2 N–H and O–H groups in total. The van der Waals surface area contributed by atoms with Gasteiger partial charge in [-0.15, -0.1) is 0 Å². The van der Waals surface area contributed by atoms with Gasteiger partial charge in [0.25, 0.3) is 0 Å². The number of halogens is 1. The largest absolute Gasteiger partial charge is 1.00 e. The van der Waals surface area contributed by atoms with Crippen LogP contribution in [0.1, 0.15) is 59.8 Å². The van der Waals surface area contributed by atoms with Crippen LogP contribution < -0.4 is 12.4 Å². The first-order chi connectivity index (χ1) is 12.6. The number of hydrogen-bond donors (Lipinski definition) is 2. The first kappa shape index (κ1) is 29.5. The number of aliphatic hydroxyl groups is 2. The third-order valence-corrected chi connectivity index (χ3v) is 8.11. The van der Waals surface area contributed by atoms with E-state index >= 15 is 0 Å². The van der Waals surface area contributed by atoms with Gasteiger partial charge in [-0.3, -0.25) is 0 Å². The minimum Gasteiger partial charge on any atom is -1.00 e. The minimum atomic E-state index is -2.57. The summed E-state index contributed by atoms with van der Waals surface area (Å²) in [4.78, 5) is 0. The molecular weight excluding hydrogens is 386 g/mol. The van der Waals surface area contributed by atoms with Crippen LogP contribution in [0.3, 0.4) is 0 Å². The Hall–Kier alpha value is 0.267. The Morgan fingerprint density at radius 2 is 1.07 bits per heavy atom. The van der Waals surface area contributed by atoms with Gasteiger partial charge in [0, 0.05) is 45.5 Å². The van der Waals surface area contributed by atoms with Crippen LogP contribution in [0.5, 0.6) is 0 Å². The lowest BCUT2D eigenvalue weighted by Gasteiger charge is -2.39. The molecule has 0 rings (SSSR count). The third kappa shape index (κ3) is 12.4. The highest BCUT2D eigenvalue weighted by atomic mass is 35.5. The van der Waals surface area contributed by atoms with Crippen LogP contribution >= 0.6 is 0 Å². The molecule has 0 aliphatic rings. The molecule has 27 heavy (non-hydrogen) atoms. The molecule has 0 aliphatic carbocycles. The Morgan fingerprint density at radius 3 is 1.41 bits per heavy atom. The minimum absolute atomic E-state index is 0. The van der Waals surface area contributed by atoms with E-state index in [1.165, 1.54) is 0 Å². The third-order valence-electron chi connectivity index (χ3n) is 4.96. The van der Waals surface area contributed by atoms with E-state index in [0.717, 1.165) is 68.8 Å². The van der Waals surface area contributed by atoms with E-state index in [0.29, 0.717) is 19.8 Å². The predicted molar refractivity (Wildman–Crippen MR) is 108 cm³/mol. The number of quaternary nitrogens is 1. The first-order valence-corrected chi connectivity index (χ1v) is 12.5. The summed E-state index contributed by atoms with van der Waals surface area (Å²) < 4.78 is 19.0. The van der Waals surface area contributed by atoms with E-state index in [9.17, 15) is 0 Å². The summed E-state index contributed by atoms with van der Waals surface area (Å²) in [7, 11) is -2.57. The Labute approximate surface area is 174 Å². The predicted octanol–water partition coefficient (Wildman–Crippen LogP) is -0.189. The summed E-state index contributed by atoms with van der Waals surface area (Å²) in [5, 5.41) is 18.3. The summed E-state index contributed by atoms with van der Waals surface area (Å²) in [6.07, 6.45) is 4.80. The molecule has 0 heterocycles. The Kier molecular flexibility index (Phi) is 20.0. The van der Waals surface area contributed by atoms with Crippen LogP contribution in [0.25, 0.3) is 0 Å². The van der Waals surface area contributed by atoms with Crippen LogP contribution in [-0.2, 0) is 13.3 Å². The molecule has 0 aromatic rings. The molecule has 0 bridgehead atoms. The summed E-state index contributed by atoms with van der Waals surface area (Å²) in [6.45, 7) is 14.9. The lowest BCUT2D eigenvalue weighted by Crippen LogP contribution is -3.00. The van der Waals surface area contributed by atoms with Crippen molar-refractivity contribution in [2.45, 2.75) is 65.8 Å². The standard InChI is InChI=1S/C19H44NO5Si.ClH/c1-5-20(14-9-11-17-21,15-10-12-18-22)16-13-19-26(23-6-2,24-7-3)25-8-4;/h21-22H,5-19H2,1-4H3;1H/q+1;/p-1. The zero-order valence-corrected chi connectivity index (χ0v) is 19.8. The van der Waals surface area contributed by atoms with Crippen LogP contribution in [-0.4, -0.2) is 82.7 Å². The first-order valence-electron chi connectivity index (χ1n) is 10.6. The van der Waals surface area contributed by atoms with Crippen molar-refractivity contribution >= 4 is 8.80 Å². The number of hydrogen-bond acceptors (Lipinski definition) is 5. The smallest absolute Gasteiger partial charge is 0.501 e. The average molecular weight is 430 g/mol. The number of rotatable bonds is 19. The van der Waals surface area contributed by atoms with E-state index in [-0.39, 0.29) is 25.6 Å². The molecule has 0 aliphatic heterocycles. The van der Waals surface area contributed by atoms with Gasteiger partial charge in [0.05, 0.1) is 26.2 Å². The van der Waals surface area contributed by atoms with E-state index in [1.54, 1.807) is 0 Å². The Balaban J connectivity index is 0. The van der Waals surface area contributed by atoms with Gasteiger partial charge in [0.2, 0.25) is 0 Å². The zero-order chi connectivity index (χ0) is 19.7. The maximum atomic E-state index is 9.13. The van der Waals surface area contributed by atoms with E-state index in [2.05, 4.69) is 6.92 Å². The van der Waals surface area contributed by atoms with Gasteiger partial charge >= 0.3 is 8.80 Å². The van der Waals surface area contributed by atoms with Crippen molar-refractivity contribution in [2.24, 2.45) is 0 Å². The maximum absolute atomic E-state index is 9.13. The van der Waals surface area contributed by atoms with Crippen molar-refractivity contribution < 1.29 is 40.4 Å².